The minimum absolute atomic E-state index is 0.128. The van der Waals surface area contributed by atoms with Crippen molar-refractivity contribution in [3.05, 3.63) is 0 Å². The van der Waals surface area contributed by atoms with Gasteiger partial charge in [-0.1, -0.05) is 0 Å². The van der Waals surface area contributed by atoms with Crippen molar-refractivity contribution >= 4 is 11.9 Å². The zero-order valence-electron chi connectivity index (χ0n) is 10.1. The van der Waals surface area contributed by atoms with E-state index in [0.29, 0.717) is 39.1 Å². The summed E-state index contributed by atoms with van der Waals surface area (Å²) in [5.74, 6) is -1.07. The highest BCUT2D eigenvalue weighted by Gasteiger charge is 2.31. The fourth-order valence-electron chi connectivity index (χ4n) is 2.11. The minimum atomic E-state index is -0.939. The Hall–Kier alpha value is -1.18. The Bertz CT molecular complexity index is 317. The highest BCUT2D eigenvalue weighted by molar-refractivity contribution is 5.82. The summed E-state index contributed by atoms with van der Waals surface area (Å²) in [6.07, 6.45) is 0.217. The van der Waals surface area contributed by atoms with Crippen molar-refractivity contribution in [2.24, 2.45) is 0 Å². The van der Waals surface area contributed by atoms with Gasteiger partial charge in [-0.3, -0.25) is 4.79 Å². The third-order valence-corrected chi connectivity index (χ3v) is 3.13. The molecule has 102 valence electrons. The number of aliphatic carboxylic acids is 1. The molecule has 3 N–H and O–H groups in total. The fourth-order valence-corrected chi connectivity index (χ4v) is 2.11. The predicted molar refractivity (Wildman–Crippen MR) is 61.2 cm³/mol. The smallest absolute Gasteiger partial charge is 0.332 e. The molecule has 2 aliphatic heterocycles. The van der Waals surface area contributed by atoms with Crippen LogP contribution in [0.1, 0.15) is 12.8 Å². The predicted octanol–water partition coefficient (Wildman–Crippen LogP) is -1.28. The van der Waals surface area contributed by atoms with Crippen LogP contribution < -0.4 is 10.6 Å². The fraction of sp³-hybridized carbons (Fsp3) is 0.818. The van der Waals surface area contributed by atoms with E-state index in [1.54, 1.807) is 0 Å². The highest BCUT2D eigenvalue weighted by atomic mass is 16.5. The number of morpholine rings is 1. The lowest BCUT2D eigenvalue weighted by molar-refractivity contribution is -0.149. The van der Waals surface area contributed by atoms with Crippen molar-refractivity contribution in [1.29, 1.82) is 0 Å². The van der Waals surface area contributed by atoms with Crippen LogP contribution in [-0.2, 0) is 19.1 Å². The van der Waals surface area contributed by atoms with Crippen LogP contribution in [0.15, 0.2) is 0 Å². The second kappa shape index (κ2) is 6.12. The van der Waals surface area contributed by atoms with Crippen LogP contribution >= 0.6 is 0 Å². The Kier molecular flexibility index (Phi) is 4.51. The second-order valence-electron chi connectivity index (χ2n) is 4.49. The number of carboxylic acid groups (broad SMARTS) is 1. The molecule has 0 aromatic rings. The summed E-state index contributed by atoms with van der Waals surface area (Å²) in [6.45, 7) is 2.00. The average molecular weight is 258 g/mol. The molecule has 2 aliphatic rings. The molecule has 0 saturated carbocycles. The number of hydrogen-bond acceptors (Lipinski definition) is 5. The summed E-state index contributed by atoms with van der Waals surface area (Å²) in [5.41, 5.74) is 0. The maximum Gasteiger partial charge on any atom is 0.332 e. The number of rotatable bonds is 4. The first kappa shape index (κ1) is 13.3. The maximum absolute atomic E-state index is 11.7. The van der Waals surface area contributed by atoms with Gasteiger partial charge in [-0.05, 0) is 12.8 Å². The Morgan fingerprint density at radius 1 is 1.39 bits per heavy atom. The van der Waals surface area contributed by atoms with Crippen LogP contribution in [0.25, 0.3) is 0 Å². The third kappa shape index (κ3) is 3.41. The van der Waals surface area contributed by atoms with Gasteiger partial charge < -0.3 is 25.2 Å². The summed E-state index contributed by atoms with van der Waals surface area (Å²) < 4.78 is 10.5. The van der Waals surface area contributed by atoms with Gasteiger partial charge in [0.05, 0.1) is 19.3 Å². The van der Waals surface area contributed by atoms with Crippen molar-refractivity contribution in [3.8, 4) is 0 Å². The lowest BCUT2D eigenvalue weighted by Crippen LogP contribution is -2.52. The molecule has 1 amide bonds. The van der Waals surface area contributed by atoms with Gasteiger partial charge in [-0.25, -0.2) is 4.79 Å². The van der Waals surface area contributed by atoms with Crippen molar-refractivity contribution in [2.45, 2.75) is 31.1 Å². The van der Waals surface area contributed by atoms with Crippen LogP contribution in [0.3, 0.4) is 0 Å². The van der Waals surface area contributed by atoms with Crippen LogP contribution in [0.4, 0.5) is 0 Å². The molecule has 2 heterocycles. The van der Waals surface area contributed by atoms with Crippen LogP contribution in [0, 0.1) is 0 Å². The van der Waals surface area contributed by atoms with E-state index in [-0.39, 0.29) is 18.1 Å². The van der Waals surface area contributed by atoms with Gasteiger partial charge in [0, 0.05) is 13.1 Å². The summed E-state index contributed by atoms with van der Waals surface area (Å²) in [6, 6.07) is -0.324. The van der Waals surface area contributed by atoms with Gasteiger partial charge in [0.2, 0.25) is 5.91 Å². The lowest BCUT2D eigenvalue weighted by atomic mass is 10.2. The van der Waals surface area contributed by atoms with E-state index >= 15 is 0 Å². The maximum atomic E-state index is 11.7. The van der Waals surface area contributed by atoms with Crippen molar-refractivity contribution in [3.63, 3.8) is 0 Å². The standard InChI is InChI=1S/C11H18N2O5/c14-10(8-6-17-4-3-12-8)13-5-7-1-2-9(18-7)11(15)16/h7-9,12H,1-6H2,(H,13,14)(H,15,16). The first-order valence-electron chi connectivity index (χ1n) is 6.14. The van der Waals surface area contributed by atoms with Crippen LogP contribution in [-0.4, -0.2) is 61.5 Å². The minimum Gasteiger partial charge on any atom is -0.479 e. The van der Waals surface area contributed by atoms with Gasteiger partial charge >= 0.3 is 5.97 Å². The summed E-state index contributed by atoms with van der Waals surface area (Å²) >= 11 is 0. The molecule has 0 aromatic carbocycles. The highest BCUT2D eigenvalue weighted by Crippen LogP contribution is 2.19. The molecule has 2 fully saturated rings. The van der Waals surface area contributed by atoms with Crippen molar-refractivity contribution < 1.29 is 24.2 Å². The van der Waals surface area contributed by atoms with E-state index in [1.807, 2.05) is 0 Å². The molecule has 0 aliphatic carbocycles. The van der Waals surface area contributed by atoms with Crippen LogP contribution in [0.2, 0.25) is 0 Å². The normalized spacial score (nSPS) is 32.1. The molecular weight excluding hydrogens is 240 g/mol. The molecule has 2 rings (SSSR count). The average Bonchev–Trinajstić information content (AvgIpc) is 2.86. The quantitative estimate of drug-likeness (QED) is 0.581. The van der Waals surface area contributed by atoms with E-state index in [2.05, 4.69) is 10.6 Å². The number of nitrogens with one attached hydrogen (secondary N) is 2. The molecule has 18 heavy (non-hydrogen) atoms. The number of ether oxygens (including phenoxy) is 2. The lowest BCUT2D eigenvalue weighted by Gasteiger charge is -2.23. The van der Waals surface area contributed by atoms with E-state index in [9.17, 15) is 9.59 Å². The molecule has 3 unspecified atom stereocenters. The molecule has 3 atom stereocenters. The molecule has 2 saturated heterocycles. The first-order chi connectivity index (χ1) is 8.66. The molecular formula is C11H18N2O5. The number of amides is 1. The van der Waals surface area contributed by atoms with E-state index in [0.717, 1.165) is 0 Å². The van der Waals surface area contributed by atoms with E-state index < -0.39 is 12.1 Å². The van der Waals surface area contributed by atoms with Crippen molar-refractivity contribution in [2.75, 3.05) is 26.3 Å². The topological polar surface area (TPSA) is 96.9 Å². The number of carbonyl (C=O) groups is 2. The molecule has 0 bridgehead atoms. The van der Waals surface area contributed by atoms with E-state index in [4.69, 9.17) is 14.6 Å². The zero-order chi connectivity index (χ0) is 13.0. The molecule has 0 aromatic heterocycles. The molecule has 0 radical (unpaired) electrons. The van der Waals surface area contributed by atoms with E-state index in [1.165, 1.54) is 0 Å². The SMILES string of the molecule is O=C(NCC1CCC(C(=O)O)O1)C1COCCN1. The molecule has 7 nitrogen and oxygen atoms in total. The Balaban J connectivity index is 1.68. The van der Waals surface area contributed by atoms with Gasteiger partial charge in [-0.2, -0.15) is 0 Å². The van der Waals surface area contributed by atoms with Gasteiger partial charge in [-0.15, -0.1) is 0 Å². The molecule has 7 heteroatoms. The summed E-state index contributed by atoms with van der Waals surface area (Å²) in [5, 5.41) is 14.6. The van der Waals surface area contributed by atoms with Gasteiger partial charge in [0.25, 0.3) is 0 Å². The Morgan fingerprint density at radius 2 is 2.22 bits per heavy atom. The third-order valence-electron chi connectivity index (χ3n) is 3.13. The first-order valence-corrected chi connectivity index (χ1v) is 6.14. The summed E-state index contributed by atoms with van der Waals surface area (Å²) in [4.78, 5) is 22.4. The largest absolute Gasteiger partial charge is 0.479 e. The monoisotopic (exact) mass is 258 g/mol. The molecule has 0 spiro atoms. The number of carboxylic acids is 1. The Morgan fingerprint density at radius 3 is 2.83 bits per heavy atom. The number of hydrogen-bond donors (Lipinski definition) is 3. The van der Waals surface area contributed by atoms with Crippen LogP contribution in [0.5, 0.6) is 0 Å². The van der Waals surface area contributed by atoms with Gasteiger partial charge in [0.1, 0.15) is 6.04 Å². The van der Waals surface area contributed by atoms with Gasteiger partial charge in [0.15, 0.2) is 6.10 Å². The summed E-state index contributed by atoms with van der Waals surface area (Å²) in [7, 11) is 0. The second-order valence-corrected chi connectivity index (χ2v) is 4.49. The van der Waals surface area contributed by atoms with Crippen molar-refractivity contribution in [1.82, 2.24) is 10.6 Å². The zero-order valence-corrected chi connectivity index (χ0v) is 10.1. The Labute approximate surface area is 105 Å². The number of carbonyl (C=O) groups excluding carboxylic acids is 1.